The maximum absolute atomic E-state index is 12.9. The first-order valence-corrected chi connectivity index (χ1v) is 9.46. The Bertz CT molecular complexity index is 431. The molecule has 5 nitrogen and oxygen atoms in total. The molecular formula is C19H33NO4. The molecule has 0 aromatic carbocycles. The van der Waals surface area contributed by atoms with Crippen LogP contribution in [0, 0.1) is 11.8 Å². The van der Waals surface area contributed by atoms with Gasteiger partial charge in [0.15, 0.2) is 5.76 Å². The molecule has 24 heavy (non-hydrogen) atoms. The van der Waals surface area contributed by atoms with E-state index >= 15 is 0 Å². The topological polar surface area (TPSA) is 59.0 Å². The van der Waals surface area contributed by atoms with Crippen LogP contribution in [0.4, 0.5) is 0 Å². The average Bonchev–Trinajstić information content (AvgIpc) is 2.60. The molecule has 1 heterocycles. The molecule has 2 rings (SSSR count). The van der Waals surface area contributed by atoms with Gasteiger partial charge < -0.3 is 19.5 Å². The van der Waals surface area contributed by atoms with Crippen LogP contribution < -0.4 is 0 Å². The summed E-state index contributed by atoms with van der Waals surface area (Å²) in [5.74, 6) is 0.766. The highest BCUT2D eigenvalue weighted by Crippen LogP contribution is 2.33. The summed E-state index contributed by atoms with van der Waals surface area (Å²) in [6.45, 7) is 4.75. The van der Waals surface area contributed by atoms with Crippen LogP contribution in [0.1, 0.15) is 58.8 Å². The molecule has 1 aliphatic heterocycles. The first kappa shape index (κ1) is 19.3. The molecule has 0 spiro atoms. The Kier molecular flexibility index (Phi) is 7.56. The number of likely N-dealkylation sites (N-methyl/N-ethyl adjacent to an activating group) is 1. The lowest BCUT2D eigenvalue weighted by Gasteiger charge is -2.37. The number of hydrogen-bond acceptors (Lipinski definition) is 4. The lowest BCUT2D eigenvalue weighted by atomic mass is 9.86. The average molecular weight is 339 g/mol. The van der Waals surface area contributed by atoms with E-state index in [1.165, 1.54) is 19.3 Å². The van der Waals surface area contributed by atoms with E-state index in [0.717, 1.165) is 25.7 Å². The maximum Gasteiger partial charge on any atom is 0.288 e. The van der Waals surface area contributed by atoms with Crippen LogP contribution >= 0.6 is 0 Å². The number of hydrogen-bond donors (Lipinski definition) is 1. The summed E-state index contributed by atoms with van der Waals surface area (Å²) >= 11 is 0. The highest BCUT2D eigenvalue weighted by molar-refractivity contribution is 5.91. The molecule has 0 aromatic rings. The summed E-state index contributed by atoms with van der Waals surface area (Å²) in [7, 11) is 1.89. The maximum atomic E-state index is 12.9. The van der Waals surface area contributed by atoms with Gasteiger partial charge in [-0.3, -0.25) is 4.79 Å². The normalized spacial score (nSPS) is 28.2. The molecule has 0 saturated heterocycles. The van der Waals surface area contributed by atoms with Gasteiger partial charge in [0.05, 0.1) is 0 Å². The van der Waals surface area contributed by atoms with Gasteiger partial charge in [0, 0.05) is 32.2 Å². The second-order valence-electron chi connectivity index (χ2n) is 7.07. The van der Waals surface area contributed by atoms with Crippen molar-refractivity contribution in [1.82, 2.24) is 4.90 Å². The van der Waals surface area contributed by atoms with Gasteiger partial charge in [-0.25, -0.2) is 0 Å². The third-order valence-corrected chi connectivity index (χ3v) is 5.36. The Morgan fingerprint density at radius 3 is 2.71 bits per heavy atom. The number of nitrogens with zero attached hydrogens (tertiary/aromatic N) is 1. The largest absolute Gasteiger partial charge is 0.459 e. The molecule has 138 valence electrons. The quantitative estimate of drug-likeness (QED) is 0.774. The number of allylic oxidation sites excluding steroid dienone is 1. The zero-order chi connectivity index (χ0) is 17.5. The summed E-state index contributed by atoms with van der Waals surface area (Å²) in [6, 6.07) is 0.323. The summed E-state index contributed by atoms with van der Waals surface area (Å²) < 4.78 is 11.7. The number of carbonyl (C=O) groups excluding carboxylic acids is 1. The van der Waals surface area contributed by atoms with Gasteiger partial charge in [-0.05, 0) is 44.6 Å². The number of amides is 1. The first-order valence-electron chi connectivity index (χ1n) is 9.46. The van der Waals surface area contributed by atoms with Crippen LogP contribution in [0.25, 0.3) is 0 Å². The van der Waals surface area contributed by atoms with Gasteiger partial charge >= 0.3 is 0 Å². The van der Waals surface area contributed by atoms with Gasteiger partial charge in [0.2, 0.25) is 6.29 Å². The molecule has 1 N–H and O–H groups in total. The molecule has 2 aliphatic rings. The van der Waals surface area contributed by atoms with Crippen LogP contribution in [0.2, 0.25) is 0 Å². The van der Waals surface area contributed by atoms with Gasteiger partial charge in [0.1, 0.15) is 0 Å². The Hall–Kier alpha value is -1.07. The van der Waals surface area contributed by atoms with E-state index in [4.69, 9.17) is 14.6 Å². The third kappa shape index (κ3) is 4.73. The summed E-state index contributed by atoms with van der Waals surface area (Å²) in [5, 5.41) is 9.10. The van der Waals surface area contributed by atoms with E-state index in [2.05, 4.69) is 6.92 Å². The molecule has 1 aliphatic carbocycles. The number of rotatable bonds is 7. The van der Waals surface area contributed by atoms with Crippen LogP contribution in [0.3, 0.4) is 0 Å². The van der Waals surface area contributed by atoms with Crippen molar-refractivity contribution >= 4 is 5.91 Å². The molecule has 3 atom stereocenters. The molecular weight excluding hydrogens is 306 g/mol. The molecule has 0 aromatic heterocycles. The Morgan fingerprint density at radius 2 is 2.08 bits per heavy atom. The predicted octanol–water partition coefficient (Wildman–Crippen LogP) is 3.08. The lowest BCUT2D eigenvalue weighted by Crippen LogP contribution is -2.43. The van der Waals surface area contributed by atoms with E-state index in [9.17, 15) is 4.79 Å². The van der Waals surface area contributed by atoms with E-state index in [0.29, 0.717) is 18.4 Å². The minimum atomic E-state index is -0.403. The van der Waals surface area contributed by atoms with Crippen molar-refractivity contribution in [2.45, 2.75) is 71.1 Å². The van der Waals surface area contributed by atoms with Crippen molar-refractivity contribution in [3.63, 3.8) is 0 Å². The van der Waals surface area contributed by atoms with E-state index in [1.54, 1.807) is 0 Å². The highest BCUT2D eigenvalue weighted by Gasteiger charge is 2.36. The first-order chi connectivity index (χ1) is 11.6. The van der Waals surface area contributed by atoms with Crippen LogP contribution in [-0.2, 0) is 14.3 Å². The van der Waals surface area contributed by atoms with Crippen LogP contribution in [0.5, 0.6) is 0 Å². The SMILES string of the molecule is CCO[C@H]1OC(C(=O)N(C)C2CCCCC2)=C[C@@H](C)[C@H]1CCCO. The highest BCUT2D eigenvalue weighted by atomic mass is 16.7. The Labute approximate surface area is 146 Å². The zero-order valence-electron chi connectivity index (χ0n) is 15.4. The molecule has 0 unspecified atom stereocenters. The number of ether oxygens (including phenoxy) is 2. The van der Waals surface area contributed by atoms with Gasteiger partial charge in [-0.15, -0.1) is 0 Å². The fraction of sp³-hybridized carbons (Fsp3) is 0.842. The van der Waals surface area contributed by atoms with Crippen molar-refractivity contribution < 1.29 is 19.4 Å². The van der Waals surface area contributed by atoms with Gasteiger partial charge in [-0.2, -0.15) is 0 Å². The summed E-state index contributed by atoms with van der Waals surface area (Å²) in [6.07, 6.45) is 8.93. The van der Waals surface area contributed by atoms with Crippen molar-refractivity contribution in [3.05, 3.63) is 11.8 Å². The molecule has 1 amide bonds. The monoisotopic (exact) mass is 339 g/mol. The number of aliphatic hydroxyl groups excluding tert-OH is 1. The van der Waals surface area contributed by atoms with E-state index in [1.807, 2.05) is 24.9 Å². The van der Waals surface area contributed by atoms with Crippen molar-refractivity contribution in [2.24, 2.45) is 11.8 Å². The second-order valence-corrected chi connectivity index (χ2v) is 7.07. The second kappa shape index (κ2) is 9.42. The lowest BCUT2D eigenvalue weighted by molar-refractivity contribution is -0.174. The van der Waals surface area contributed by atoms with Crippen LogP contribution in [0.15, 0.2) is 11.8 Å². The molecule has 5 heteroatoms. The Morgan fingerprint density at radius 1 is 1.38 bits per heavy atom. The number of aliphatic hydroxyl groups is 1. The fourth-order valence-corrected chi connectivity index (χ4v) is 3.84. The molecule has 0 bridgehead atoms. The van der Waals surface area contributed by atoms with E-state index < -0.39 is 6.29 Å². The standard InChI is InChI=1S/C19H33NO4/c1-4-23-19-16(11-8-12-21)14(2)13-17(24-19)18(22)20(3)15-9-6-5-7-10-15/h13-16,19,21H,4-12H2,1-3H3/t14-,16-,19+/m1/s1. The predicted molar refractivity (Wildman–Crippen MR) is 93.2 cm³/mol. The van der Waals surface area contributed by atoms with Crippen LogP contribution in [-0.4, -0.2) is 48.5 Å². The molecule has 1 saturated carbocycles. The van der Waals surface area contributed by atoms with Crippen molar-refractivity contribution in [3.8, 4) is 0 Å². The molecule has 1 fully saturated rings. The zero-order valence-corrected chi connectivity index (χ0v) is 15.4. The van der Waals surface area contributed by atoms with Gasteiger partial charge in [-0.1, -0.05) is 26.2 Å². The summed E-state index contributed by atoms with van der Waals surface area (Å²) in [5.41, 5.74) is 0. The summed E-state index contributed by atoms with van der Waals surface area (Å²) in [4.78, 5) is 14.7. The molecule has 0 radical (unpaired) electrons. The van der Waals surface area contributed by atoms with Gasteiger partial charge in [0.25, 0.3) is 5.91 Å². The van der Waals surface area contributed by atoms with Crippen molar-refractivity contribution in [2.75, 3.05) is 20.3 Å². The van der Waals surface area contributed by atoms with E-state index in [-0.39, 0.29) is 24.3 Å². The fourth-order valence-electron chi connectivity index (χ4n) is 3.84. The third-order valence-electron chi connectivity index (χ3n) is 5.36. The van der Waals surface area contributed by atoms with Crippen molar-refractivity contribution in [1.29, 1.82) is 0 Å². The number of carbonyl (C=O) groups is 1. The minimum absolute atomic E-state index is 0.0286. The Balaban J connectivity index is 2.06. The smallest absolute Gasteiger partial charge is 0.288 e. The minimum Gasteiger partial charge on any atom is -0.459 e.